The zero-order valence-electron chi connectivity index (χ0n) is 13.9. The average molecular weight is 474 g/mol. The van der Waals surface area contributed by atoms with Crippen LogP contribution in [0.3, 0.4) is 0 Å². The van der Waals surface area contributed by atoms with Crippen LogP contribution in [0.1, 0.15) is 29.9 Å². The molecular weight excluding hydrogens is 462 g/mol. The molecule has 1 aromatic carbocycles. The number of nitrogens with zero attached hydrogens (tertiary/aromatic N) is 3. The molecule has 1 aliphatic heterocycles. The van der Waals surface area contributed by atoms with Crippen molar-refractivity contribution in [3.05, 3.63) is 51.5 Å². The summed E-state index contributed by atoms with van der Waals surface area (Å²) in [5.74, 6) is 0.448. The van der Waals surface area contributed by atoms with Gasteiger partial charge in [0.1, 0.15) is 22.2 Å². The van der Waals surface area contributed by atoms with E-state index in [1.165, 1.54) is 12.3 Å². The Hall–Kier alpha value is -2.46. The zero-order chi connectivity index (χ0) is 20.0. The second kappa shape index (κ2) is 7.17. The summed E-state index contributed by atoms with van der Waals surface area (Å²) < 4.78 is 32.9. The molecule has 4 rings (SSSR count). The molecule has 7 nitrogen and oxygen atoms in total. The highest BCUT2D eigenvalue weighted by molar-refractivity contribution is 9.10. The van der Waals surface area contributed by atoms with Crippen molar-refractivity contribution in [2.75, 3.05) is 0 Å². The number of halogens is 4. The van der Waals surface area contributed by atoms with E-state index in [0.717, 1.165) is 0 Å². The van der Waals surface area contributed by atoms with Crippen molar-refractivity contribution in [3.8, 4) is 5.75 Å². The van der Waals surface area contributed by atoms with E-state index < -0.39 is 24.8 Å². The van der Waals surface area contributed by atoms with E-state index in [1.807, 2.05) is 0 Å². The van der Waals surface area contributed by atoms with Crippen molar-refractivity contribution < 1.29 is 23.4 Å². The van der Waals surface area contributed by atoms with Crippen molar-refractivity contribution >= 4 is 44.7 Å². The van der Waals surface area contributed by atoms with Gasteiger partial charge in [-0.25, -0.2) is 14.8 Å². The lowest BCUT2D eigenvalue weighted by atomic mass is 10.0. The molecule has 1 amide bonds. The fourth-order valence-corrected chi connectivity index (χ4v) is 4.32. The summed E-state index contributed by atoms with van der Waals surface area (Å²) in [7, 11) is 0. The van der Waals surface area contributed by atoms with Gasteiger partial charge in [0.05, 0.1) is 23.8 Å². The van der Waals surface area contributed by atoms with Gasteiger partial charge < -0.3 is 19.7 Å². The Labute approximate surface area is 170 Å². The number of alkyl halides is 2. The lowest BCUT2D eigenvalue weighted by Crippen LogP contribution is -2.25. The van der Waals surface area contributed by atoms with E-state index in [4.69, 9.17) is 16.3 Å². The van der Waals surface area contributed by atoms with Gasteiger partial charge in [0.25, 0.3) is 0 Å². The molecule has 0 saturated heterocycles. The highest BCUT2D eigenvalue weighted by Crippen LogP contribution is 2.46. The van der Waals surface area contributed by atoms with Crippen molar-refractivity contribution in [2.24, 2.45) is 0 Å². The van der Waals surface area contributed by atoms with Gasteiger partial charge in [0, 0.05) is 22.5 Å². The van der Waals surface area contributed by atoms with E-state index >= 15 is 0 Å². The number of hydrogen-bond acceptors (Lipinski definition) is 4. The van der Waals surface area contributed by atoms with Crippen LogP contribution in [-0.4, -0.2) is 32.3 Å². The molecule has 28 heavy (non-hydrogen) atoms. The number of fused-ring (bicyclic) bond motifs is 3. The third-order valence-corrected chi connectivity index (χ3v) is 5.41. The Bertz CT molecular complexity index is 1080. The number of ether oxygens (including phenoxy) is 1. The Morgan fingerprint density at radius 3 is 2.96 bits per heavy atom. The van der Waals surface area contributed by atoms with Crippen LogP contribution in [0.15, 0.2) is 34.9 Å². The number of nitrogens with one attached hydrogen (secondary N) is 1. The van der Waals surface area contributed by atoms with Crippen LogP contribution in [0, 0.1) is 0 Å². The minimum absolute atomic E-state index is 0.00157. The van der Waals surface area contributed by atoms with Gasteiger partial charge >= 0.3 is 12.7 Å². The summed E-state index contributed by atoms with van der Waals surface area (Å²) in [5.41, 5.74) is 1.60. The first-order valence-electron chi connectivity index (χ1n) is 8.11. The highest BCUT2D eigenvalue weighted by Gasteiger charge is 2.38. The van der Waals surface area contributed by atoms with E-state index in [9.17, 15) is 18.7 Å². The highest BCUT2D eigenvalue weighted by atomic mass is 79.9. The summed E-state index contributed by atoms with van der Waals surface area (Å²) in [6, 6.07) is 5.19. The molecule has 11 heteroatoms. The topological polar surface area (TPSA) is 89.3 Å². The molecule has 0 unspecified atom stereocenters. The third-order valence-electron chi connectivity index (χ3n) is 4.51. The summed E-state index contributed by atoms with van der Waals surface area (Å²) in [6.45, 7) is -3.00. The smallest absolute Gasteiger partial charge is 0.405 e. The summed E-state index contributed by atoms with van der Waals surface area (Å²) in [5, 5.41) is 11.9. The molecule has 3 heterocycles. The van der Waals surface area contributed by atoms with Crippen molar-refractivity contribution in [1.82, 2.24) is 19.9 Å². The summed E-state index contributed by atoms with van der Waals surface area (Å²) in [6.07, 6.45) is 0.540. The van der Waals surface area contributed by atoms with Gasteiger partial charge in [-0.3, -0.25) is 0 Å². The number of carbonyl (C=O) groups is 1. The molecule has 146 valence electrons. The van der Waals surface area contributed by atoms with Crippen molar-refractivity contribution in [2.45, 2.75) is 25.1 Å². The van der Waals surface area contributed by atoms with Crippen LogP contribution < -0.4 is 10.1 Å². The number of hydrogen-bond donors (Lipinski definition) is 2. The molecule has 0 aliphatic carbocycles. The minimum atomic E-state index is -3.00. The van der Waals surface area contributed by atoms with Crippen LogP contribution in [0.25, 0.3) is 11.0 Å². The Balaban J connectivity index is 1.92. The molecule has 0 bridgehead atoms. The second-order valence-corrected chi connectivity index (χ2v) is 7.36. The fraction of sp³-hybridized carbons (Fsp3) is 0.235. The first kappa shape index (κ1) is 18.9. The summed E-state index contributed by atoms with van der Waals surface area (Å²) >= 11 is 9.43. The zero-order valence-corrected chi connectivity index (χ0v) is 16.3. The van der Waals surface area contributed by atoms with Crippen LogP contribution in [0.4, 0.5) is 13.6 Å². The number of aromatic nitrogens is 3. The molecule has 0 spiro atoms. The van der Waals surface area contributed by atoms with Gasteiger partial charge in [-0.15, -0.1) is 0 Å². The molecule has 2 aromatic heterocycles. The first-order valence-corrected chi connectivity index (χ1v) is 9.28. The summed E-state index contributed by atoms with van der Waals surface area (Å²) in [4.78, 5) is 19.7. The van der Waals surface area contributed by atoms with E-state index in [-0.39, 0.29) is 17.3 Å². The third kappa shape index (κ3) is 3.26. The lowest BCUT2D eigenvalue weighted by molar-refractivity contribution is -0.0507. The van der Waals surface area contributed by atoms with Crippen molar-refractivity contribution in [3.63, 3.8) is 0 Å². The second-order valence-electron chi connectivity index (χ2n) is 6.12. The number of rotatable bonds is 4. The number of benzene rings is 1. The quantitative estimate of drug-likeness (QED) is 0.534. The van der Waals surface area contributed by atoms with Gasteiger partial charge in [0.15, 0.2) is 0 Å². The van der Waals surface area contributed by atoms with E-state index in [0.29, 0.717) is 26.9 Å². The normalized spacial score (nSPS) is 18.5. The van der Waals surface area contributed by atoms with Crippen LogP contribution >= 0.6 is 27.5 Å². The monoisotopic (exact) mass is 472 g/mol. The Morgan fingerprint density at radius 1 is 1.46 bits per heavy atom. The molecule has 2 N–H and O–H groups in total. The molecular formula is C17H12BrClF2N4O3. The maximum absolute atomic E-state index is 12.9. The Kier molecular flexibility index (Phi) is 4.84. The Morgan fingerprint density at radius 2 is 2.25 bits per heavy atom. The van der Waals surface area contributed by atoms with Crippen LogP contribution in [-0.2, 0) is 0 Å². The van der Waals surface area contributed by atoms with Crippen molar-refractivity contribution in [1.29, 1.82) is 0 Å². The van der Waals surface area contributed by atoms with Crippen LogP contribution in [0.2, 0.25) is 5.15 Å². The number of pyridine rings is 1. The standard InChI is InChI=1S/C17H12BrClF2N4O3/c18-7-2-1-3-12(28-16(20)21)14(7)11-4-8(24-17(26)27)15-23-9-6-22-13(19)5-10(9)25(11)15/h1-3,5-6,8,11,16,24H,4H2,(H,26,27)/t8-,11-/m1/s1. The number of carboxylic acid groups (broad SMARTS) is 1. The molecule has 0 saturated carbocycles. The number of imidazole rings is 1. The van der Waals surface area contributed by atoms with Crippen LogP contribution in [0.5, 0.6) is 5.75 Å². The lowest BCUT2D eigenvalue weighted by Gasteiger charge is -2.20. The molecule has 1 aliphatic rings. The molecule has 2 atom stereocenters. The molecule has 0 radical (unpaired) electrons. The average Bonchev–Trinajstić information content (AvgIpc) is 3.12. The SMILES string of the molecule is O=C(O)N[C@@H]1C[C@H](c2c(Br)cccc2OC(F)F)n2c1nc1cnc(Cl)cc12. The van der Waals surface area contributed by atoms with E-state index in [2.05, 4.69) is 31.2 Å². The van der Waals surface area contributed by atoms with Gasteiger partial charge in [-0.2, -0.15) is 8.78 Å². The predicted molar refractivity (Wildman–Crippen MR) is 100.0 cm³/mol. The maximum atomic E-state index is 12.9. The largest absolute Gasteiger partial charge is 0.465 e. The van der Waals surface area contributed by atoms with E-state index in [1.54, 1.807) is 22.8 Å². The molecule has 3 aromatic rings. The molecule has 0 fully saturated rings. The van der Waals surface area contributed by atoms with Gasteiger partial charge in [-0.05, 0) is 12.1 Å². The maximum Gasteiger partial charge on any atom is 0.405 e. The predicted octanol–water partition coefficient (Wildman–Crippen LogP) is 4.75. The first-order chi connectivity index (χ1) is 13.3. The minimum Gasteiger partial charge on any atom is -0.465 e. The van der Waals surface area contributed by atoms with Gasteiger partial charge in [0.2, 0.25) is 0 Å². The van der Waals surface area contributed by atoms with Gasteiger partial charge in [-0.1, -0.05) is 33.6 Å². The fourth-order valence-electron chi connectivity index (χ4n) is 3.56. The number of amides is 1.